The first kappa shape index (κ1) is 19.7. The minimum absolute atomic E-state index is 0.0383. The molecule has 0 bridgehead atoms. The molecule has 0 saturated carbocycles. The van der Waals surface area contributed by atoms with E-state index in [1.54, 1.807) is 0 Å². The third kappa shape index (κ3) is 4.32. The SMILES string of the molecule is CC1C(C(F)(F)F)[C@H](C)OC(C(=O)Nc2ccnc(C(N)=O)c2)[C@H]1[Al]. The number of nitrogens with one attached hydrogen (secondary N) is 1. The molecule has 2 rings (SSSR count). The molecule has 2 radical (unpaired) electrons. The second-order valence-electron chi connectivity index (χ2n) is 6.05. The highest BCUT2D eigenvalue weighted by Crippen LogP contribution is 2.45. The molecule has 5 atom stereocenters. The molecule has 1 fully saturated rings. The number of primary amides is 1. The molecular formula is C15H17AlF3N3O3. The van der Waals surface area contributed by atoms with E-state index in [9.17, 15) is 22.8 Å². The molecule has 2 heterocycles. The first-order valence-electron chi connectivity index (χ1n) is 7.57. The van der Waals surface area contributed by atoms with Gasteiger partial charge >= 0.3 is 6.18 Å². The van der Waals surface area contributed by atoms with Crippen molar-refractivity contribution in [2.24, 2.45) is 17.6 Å². The van der Waals surface area contributed by atoms with Crippen LogP contribution in [0.5, 0.6) is 0 Å². The number of aromatic nitrogens is 1. The van der Waals surface area contributed by atoms with Gasteiger partial charge < -0.3 is 15.8 Å². The van der Waals surface area contributed by atoms with Crippen LogP contribution in [0.1, 0.15) is 24.3 Å². The Morgan fingerprint density at radius 3 is 2.56 bits per heavy atom. The number of carbonyl (C=O) groups is 2. The van der Waals surface area contributed by atoms with Crippen LogP contribution < -0.4 is 11.1 Å². The van der Waals surface area contributed by atoms with E-state index in [1.165, 1.54) is 32.2 Å². The minimum atomic E-state index is -4.41. The number of pyridine rings is 1. The smallest absolute Gasteiger partial charge is 0.366 e. The Balaban J connectivity index is 2.15. The summed E-state index contributed by atoms with van der Waals surface area (Å²) in [5, 5.41) is 2.53. The van der Waals surface area contributed by atoms with Crippen LogP contribution in [0.25, 0.3) is 0 Å². The lowest BCUT2D eigenvalue weighted by Crippen LogP contribution is -2.52. The number of nitrogens with zero attached hydrogens (tertiary/aromatic N) is 1. The number of hydrogen-bond acceptors (Lipinski definition) is 4. The van der Waals surface area contributed by atoms with Crippen LogP contribution in [0.2, 0.25) is 4.78 Å². The number of carbonyl (C=O) groups excluding carboxylic acids is 2. The van der Waals surface area contributed by atoms with Crippen LogP contribution >= 0.6 is 0 Å². The lowest BCUT2D eigenvalue weighted by Gasteiger charge is -2.44. The van der Waals surface area contributed by atoms with Gasteiger partial charge in [-0.2, -0.15) is 13.2 Å². The van der Waals surface area contributed by atoms with Gasteiger partial charge in [-0.25, -0.2) is 0 Å². The molecule has 0 aliphatic carbocycles. The molecule has 134 valence electrons. The number of ether oxygens (including phenoxy) is 1. The fraction of sp³-hybridized carbons (Fsp3) is 0.533. The summed E-state index contributed by atoms with van der Waals surface area (Å²) in [6.45, 7) is 2.76. The molecule has 2 amide bonds. The molecule has 25 heavy (non-hydrogen) atoms. The van der Waals surface area contributed by atoms with Gasteiger partial charge in [0.05, 0.1) is 12.0 Å². The molecule has 3 N–H and O–H groups in total. The van der Waals surface area contributed by atoms with E-state index in [2.05, 4.69) is 26.6 Å². The highest BCUT2D eigenvalue weighted by Gasteiger charge is 2.53. The van der Waals surface area contributed by atoms with E-state index in [4.69, 9.17) is 10.5 Å². The van der Waals surface area contributed by atoms with E-state index in [1.807, 2.05) is 0 Å². The standard InChI is InChI=1S/C15H17F3N3O3.Al/c1-7-5-11(24-8(2)12(7)15(16,17)18)14(23)21-9-3-4-20-10(6-9)13(19)22;/h3-8,11-12H,1-2H3,(H2,19,22)(H,20,21,23);/t7?,8-,11?,12?;/m0./s1. The molecule has 10 heteroatoms. The summed E-state index contributed by atoms with van der Waals surface area (Å²) in [6, 6.07) is 2.72. The van der Waals surface area contributed by atoms with Crippen LogP contribution in [0.15, 0.2) is 18.3 Å². The highest BCUT2D eigenvalue weighted by atomic mass is 27.0. The number of halogens is 3. The normalized spacial score (nSPS) is 29.9. The third-order valence-corrected chi connectivity index (χ3v) is 5.26. The molecule has 1 aromatic heterocycles. The van der Waals surface area contributed by atoms with Gasteiger partial charge in [-0.1, -0.05) is 11.7 Å². The molecule has 1 aromatic rings. The van der Waals surface area contributed by atoms with Crippen molar-refractivity contribution in [2.75, 3.05) is 5.32 Å². The van der Waals surface area contributed by atoms with Crippen LogP contribution in [-0.2, 0) is 9.53 Å². The molecule has 6 nitrogen and oxygen atoms in total. The topological polar surface area (TPSA) is 94.3 Å². The first-order chi connectivity index (χ1) is 11.5. The van der Waals surface area contributed by atoms with Gasteiger partial charge in [-0.3, -0.25) is 14.6 Å². The average Bonchev–Trinajstić information content (AvgIpc) is 2.49. The zero-order chi connectivity index (χ0) is 18.9. The third-order valence-electron chi connectivity index (χ3n) is 4.31. The van der Waals surface area contributed by atoms with E-state index < -0.39 is 46.8 Å². The van der Waals surface area contributed by atoms with Crippen LogP contribution in [0.4, 0.5) is 18.9 Å². The predicted octanol–water partition coefficient (Wildman–Crippen LogP) is 1.68. The number of nitrogens with two attached hydrogens (primary N) is 1. The lowest BCUT2D eigenvalue weighted by molar-refractivity contribution is -0.242. The predicted molar refractivity (Wildman–Crippen MR) is 83.9 cm³/mol. The van der Waals surface area contributed by atoms with Crippen molar-refractivity contribution in [3.8, 4) is 0 Å². The van der Waals surface area contributed by atoms with Crippen molar-refractivity contribution >= 4 is 33.8 Å². The molecule has 0 aromatic carbocycles. The highest BCUT2D eigenvalue weighted by molar-refractivity contribution is 6.15. The number of amides is 2. The van der Waals surface area contributed by atoms with Crippen molar-refractivity contribution in [3.05, 3.63) is 24.0 Å². The molecule has 1 aliphatic rings. The second-order valence-corrected chi connectivity index (χ2v) is 6.82. The summed E-state index contributed by atoms with van der Waals surface area (Å²) in [4.78, 5) is 27.3. The van der Waals surface area contributed by atoms with Gasteiger partial charge in [-0.15, -0.1) is 0 Å². The zero-order valence-electron chi connectivity index (χ0n) is 13.6. The fourth-order valence-corrected chi connectivity index (χ4v) is 3.51. The van der Waals surface area contributed by atoms with Gasteiger partial charge in [0.15, 0.2) is 0 Å². The van der Waals surface area contributed by atoms with Crippen molar-refractivity contribution in [1.29, 1.82) is 0 Å². The molecule has 1 aliphatic heterocycles. The van der Waals surface area contributed by atoms with E-state index in [-0.39, 0.29) is 11.4 Å². The molecule has 3 unspecified atom stereocenters. The largest absolute Gasteiger partial charge is 0.394 e. The summed E-state index contributed by atoms with van der Waals surface area (Å²) in [6.07, 6.45) is -5.34. The van der Waals surface area contributed by atoms with Gasteiger partial charge in [0.25, 0.3) is 11.8 Å². The summed E-state index contributed by atoms with van der Waals surface area (Å²) < 4.78 is 44.1. The lowest BCUT2D eigenvalue weighted by atomic mass is 9.81. The maximum atomic E-state index is 13.2. The summed E-state index contributed by atoms with van der Waals surface area (Å²) in [7, 11) is 0. The Morgan fingerprint density at radius 1 is 1.36 bits per heavy atom. The maximum absolute atomic E-state index is 13.2. The van der Waals surface area contributed by atoms with Gasteiger partial charge in [0.2, 0.25) is 0 Å². The first-order valence-corrected chi connectivity index (χ1v) is 8.23. The molecule has 0 spiro atoms. The van der Waals surface area contributed by atoms with E-state index in [0.717, 1.165) is 0 Å². The van der Waals surface area contributed by atoms with E-state index in [0.29, 0.717) is 0 Å². The Morgan fingerprint density at radius 2 is 2.00 bits per heavy atom. The van der Waals surface area contributed by atoms with Crippen LogP contribution in [0, 0.1) is 11.8 Å². The second kappa shape index (κ2) is 7.32. The van der Waals surface area contributed by atoms with Crippen LogP contribution in [0.3, 0.4) is 0 Å². The number of anilines is 1. The Hall–Kier alpha value is -1.63. The van der Waals surface area contributed by atoms with Crippen molar-refractivity contribution < 1.29 is 27.5 Å². The number of hydrogen-bond donors (Lipinski definition) is 2. The Kier molecular flexibility index (Phi) is 5.76. The monoisotopic (exact) mass is 371 g/mol. The fourth-order valence-electron chi connectivity index (χ4n) is 3.01. The Bertz CT molecular complexity index is 671. The summed E-state index contributed by atoms with van der Waals surface area (Å²) in [5.41, 5.74) is 5.34. The molecular weight excluding hydrogens is 354 g/mol. The van der Waals surface area contributed by atoms with Crippen molar-refractivity contribution in [2.45, 2.75) is 37.0 Å². The van der Waals surface area contributed by atoms with E-state index >= 15 is 0 Å². The quantitative estimate of drug-likeness (QED) is 0.791. The van der Waals surface area contributed by atoms with Gasteiger partial charge in [-0.05, 0) is 25.0 Å². The summed E-state index contributed by atoms with van der Waals surface area (Å²) in [5.74, 6) is -3.82. The van der Waals surface area contributed by atoms with Gasteiger partial charge in [0, 0.05) is 11.9 Å². The molecule has 1 saturated heterocycles. The van der Waals surface area contributed by atoms with Crippen LogP contribution in [-0.4, -0.2) is 51.5 Å². The Labute approximate surface area is 150 Å². The number of rotatable bonds is 3. The average molecular weight is 371 g/mol. The van der Waals surface area contributed by atoms with Gasteiger partial charge in [0.1, 0.15) is 28.1 Å². The summed E-state index contributed by atoms with van der Waals surface area (Å²) >= 11 is 2.27. The minimum Gasteiger partial charge on any atom is -0.366 e. The number of alkyl halides is 3. The van der Waals surface area contributed by atoms with Crippen molar-refractivity contribution in [3.63, 3.8) is 0 Å². The van der Waals surface area contributed by atoms with Crippen molar-refractivity contribution in [1.82, 2.24) is 4.98 Å². The maximum Gasteiger partial charge on any atom is 0.394 e. The zero-order valence-corrected chi connectivity index (χ0v) is 14.7.